The molecule has 15 heteroatoms. The van der Waals surface area contributed by atoms with Crippen LogP contribution in [0.4, 0.5) is 52.7 Å². The molecule has 152 valence electrons. The molecular formula is C10H11F12NO2. The molecule has 1 atom stereocenters. The number of alkyl halides is 12. The van der Waals surface area contributed by atoms with Crippen LogP contribution in [0.25, 0.3) is 0 Å². The van der Waals surface area contributed by atoms with E-state index in [4.69, 9.17) is 10.8 Å². The minimum Gasteiger partial charge on any atom is -0.389 e. The Balaban J connectivity index is 5.64. The predicted octanol–water partition coefficient (Wildman–Crippen LogP) is 2.76. The van der Waals surface area contributed by atoms with E-state index in [0.717, 1.165) is 0 Å². The first kappa shape index (κ1) is 24.0. The van der Waals surface area contributed by atoms with Crippen LogP contribution >= 0.6 is 0 Å². The minimum absolute atomic E-state index is 0.642. The van der Waals surface area contributed by atoms with Crippen molar-refractivity contribution in [2.75, 3.05) is 19.8 Å². The molecule has 0 aliphatic heterocycles. The zero-order valence-corrected chi connectivity index (χ0v) is 11.7. The van der Waals surface area contributed by atoms with Crippen molar-refractivity contribution < 1.29 is 62.5 Å². The molecule has 0 heterocycles. The highest BCUT2D eigenvalue weighted by molar-refractivity contribution is 5.09. The molecule has 0 saturated carbocycles. The van der Waals surface area contributed by atoms with Gasteiger partial charge in [0.25, 0.3) is 0 Å². The number of aliphatic hydroxyl groups excluding tert-OH is 1. The van der Waals surface area contributed by atoms with Crippen LogP contribution in [0.1, 0.15) is 0 Å². The largest absolute Gasteiger partial charge is 0.389 e. The number of aliphatic hydroxyl groups is 1. The van der Waals surface area contributed by atoms with Gasteiger partial charge in [-0.05, 0) is 0 Å². The minimum atomic E-state index is -7.58. The quantitative estimate of drug-likeness (QED) is 0.550. The number of hydrogen-bond donors (Lipinski definition) is 2. The maximum absolute atomic E-state index is 13.1. The summed E-state index contributed by atoms with van der Waals surface area (Å²) in [6, 6.07) is 0. The van der Waals surface area contributed by atoms with Crippen molar-refractivity contribution in [2.45, 2.75) is 42.1 Å². The van der Waals surface area contributed by atoms with Crippen molar-refractivity contribution in [3.8, 4) is 0 Å². The van der Waals surface area contributed by atoms with Crippen molar-refractivity contribution in [3.63, 3.8) is 0 Å². The molecule has 0 unspecified atom stereocenters. The third-order valence-corrected chi connectivity index (χ3v) is 2.81. The molecule has 0 aliphatic carbocycles. The van der Waals surface area contributed by atoms with E-state index >= 15 is 0 Å². The average Bonchev–Trinajstić information content (AvgIpc) is 2.45. The first-order chi connectivity index (χ1) is 10.9. The van der Waals surface area contributed by atoms with E-state index in [1.54, 1.807) is 0 Å². The molecule has 0 fully saturated rings. The Morgan fingerprint density at radius 2 is 1.24 bits per heavy atom. The van der Waals surface area contributed by atoms with E-state index < -0.39 is 61.9 Å². The third kappa shape index (κ3) is 4.07. The predicted molar refractivity (Wildman–Crippen MR) is 56.6 cm³/mol. The first-order valence-electron chi connectivity index (χ1n) is 6.03. The van der Waals surface area contributed by atoms with E-state index in [1.165, 1.54) is 0 Å². The molecule has 0 radical (unpaired) electrons. The summed E-state index contributed by atoms with van der Waals surface area (Å²) in [6.07, 6.45) is -7.26. The Kier molecular flexibility index (Phi) is 7.06. The molecule has 25 heavy (non-hydrogen) atoms. The molecule has 0 aliphatic rings. The second kappa shape index (κ2) is 7.34. The summed E-state index contributed by atoms with van der Waals surface area (Å²) in [5.41, 5.74) is 4.77. The van der Waals surface area contributed by atoms with E-state index in [-0.39, 0.29) is 0 Å². The van der Waals surface area contributed by atoms with Gasteiger partial charge in [0, 0.05) is 6.54 Å². The highest BCUT2D eigenvalue weighted by Crippen LogP contribution is 2.58. The van der Waals surface area contributed by atoms with E-state index in [9.17, 15) is 52.7 Å². The number of ether oxygens (including phenoxy) is 1. The van der Waals surface area contributed by atoms with Gasteiger partial charge in [-0.2, -0.15) is 43.9 Å². The van der Waals surface area contributed by atoms with E-state index in [1.807, 2.05) is 0 Å². The molecular weight excluding hydrogens is 394 g/mol. The summed E-state index contributed by atoms with van der Waals surface area (Å²) >= 11 is 0. The molecule has 0 aromatic rings. The highest BCUT2D eigenvalue weighted by Gasteiger charge is 2.87. The van der Waals surface area contributed by atoms with Crippen molar-refractivity contribution in [2.24, 2.45) is 5.73 Å². The summed E-state index contributed by atoms with van der Waals surface area (Å²) in [5.74, 6) is -35.5. The fourth-order valence-corrected chi connectivity index (χ4v) is 1.26. The van der Waals surface area contributed by atoms with Gasteiger partial charge in [-0.25, -0.2) is 8.78 Å². The second-order valence-electron chi connectivity index (χ2n) is 4.76. The normalized spacial score (nSPS) is 16.4. The number of halogens is 12. The van der Waals surface area contributed by atoms with Crippen molar-refractivity contribution in [3.05, 3.63) is 0 Å². The van der Waals surface area contributed by atoms with Crippen LogP contribution in [-0.4, -0.2) is 67.0 Å². The van der Waals surface area contributed by atoms with E-state index in [0.29, 0.717) is 0 Å². The van der Waals surface area contributed by atoms with Crippen molar-refractivity contribution in [1.82, 2.24) is 0 Å². The van der Waals surface area contributed by atoms with Gasteiger partial charge < -0.3 is 15.6 Å². The summed E-state index contributed by atoms with van der Waals surface area (Å²) in [4.78, 5) is 0. The van der Waals surface area contributed by atoms with Gasteiger partial charge >= 0.3 is 36.0 Å². The highest BCUT2D eigenvalue weighted by atomic mass is 19.4. The molecule has 0 saturated heterocycles. The molecule has 0 bridgehead atoms. The van der Waals surface area contributed by atoms with Crippen LogP contribution in [0.15, 0.2) is 0 Å². The van der Waals surface area contributed by atoms with Gasteiger partial charge in [-0.15, -0.1) is 0 Å². The van der Waals surface area contributed by atoms with Crippen LogP contribution in [0.3, 0.4) is 0 Å². The maximum Gasteiger partial charge on any atom is 0.384 e. The smallest absolute Gasteiger partial charge is 0.384 e. The zero-order valence-electron chi connectivity index (χ0n) is 11.7. The summed E-state index contributed by atoms with van der Waals surface area (Å²) in [5, 5.41) is 8.78. The molecule has 3 N–H and O–H groups in total. The van der Waals surface area contributed by atoms with Gasteiger partial charge in [-0.1, -0.05) is 0 Å². The van der Waals surface area contributed by atoms with Crippen molar-refractivity contribution in [1.29, 1.82) is 0 Å². The average molecular weight is 405 g/mol. The van der Waals surface area contributed by atoms with Gasteiger partial charge in [0.1, 0.15) is 6.61 Å². The molecule has 3 nitrogen and oxygen atoms in total. The standard InChI is InChI=1S/C10H11F12NO2/c11-5(12)7(15,16)9(19,20)10(21,22)8(17,18)6(13,14)3-25-2-4(24)1-23/h4-5,24H,1-3,23H2/t4-/m0/s1. The van der Waals surface area contributed by atoms with E-state index in [2.05, 4.69) is 4.74 Å². The molecule has 0 spiro atoms. The molecule has 0 aromatic carbocycles. The lowest BCUT2D eigenvalue weighted by Gasteiger charge is -2.39. The lowest BCUT2D eigenvalue weighted by molar-refractivity contribution is -0.415. The van der Waals surface area contributed by atoms with Crippen LogP contribution in [0.5, 0.6) is 0 Å². The summed E-state index contributed by atoms with van der Waals surface area (Å²) in [7, 11) is 0. The second-order valence-corrected chi connectivity index (χ2v) is 4.76. The Bertz CT molecular complexity index is 442. The number of hydrogen-bond acceptors (Lipinski definition) is 3. The Morgan fingerprint density at radius 1 is 0.800 bits per heavy atom. The maximum atomic E-state index is 13.1. The lowest BCUT2D eigenvalue weighted by atomic mass is 9.94. The number of nitrogens with two attached hydrogens (primary N) is 1. The summed E-state index contributed by atoms with van der Waals surface area (Å²) in [6.45, 7) is -4.57. The SMILES string of the molecule is NC[C@H](O)COCC(F)(F)C(F)(F)C(F)(F)C(F)(F)C(F)(F)C(F)F. The first-order valence-corrected chi connectivity index (χ1v) is 6.03. The van der Waals surface area contributed by atoms with Crippen molar-refractivity contribution >= 4 is 0 Å². The third-order valence-electron chi connectivity index (χ3n) is 2.81. The molecule has 0 amide bonds. The van der Waals surface area contributed by atoms with Crippen LogP contribution < -0.4 is 5.73 Å². The van der Waals surface area contributed by atoms with Gasteiger partial charge in [0.15, 0.2) is 0 Å². The Morgan fingerprint density at radius 3 is 1.60 bits per heavy atom. The zero-order chi connectivity index (χ0) is 20.5. The summed E-state index contributed by atoms with van der Waals surface area (Å²) < 4.78 is 157. The topological polar surface area (TPSA) is 55.5 Å². The Labute approximate surface area is 131 Å². The van der Waals surface area contributed by atoms with Gasteiger partial charge in [0.2, 0.25) is 0 Å². The van der Waals surface area contributed by atoms with Crippen LogP contribution in [0.2, 0.25) is 0 Å². The monoisotopic (exact) mass is 405 g/mol. The Hall–Kier alpha value is -0.960. The van der Waals surface area contributed by atoms with Gasteiger partial charge in [-0.3, -0.25) is 0 Å². The van der Waals surface area contributed by atoms with Crippen LogP contribution in [0, 0.1) is 0 Å². The van der Waals surface area contributed by atoms with Gasteiger partial charge in [0.05, 0.1) is 12.7 Å². The fourth-order valence-electron chi connectivity index (χ4n) is 1.26. The molecule has 0 aromatic heterocycles. The van der Waals surface area contributed by atoms with Crippen LogP contribution in [-0.2, 0) is 4.74 Å². The number of rotatable bonds is 10. The lowest BCUT2D eigenvalue weighted by Crippen LogP contribution is -2.69. The molecule has 0 rings (SSSR count). The fraction of sp³-hybridized carbons (Fsp3) is 1.00.